The lowest BCUT2D eigenvalue weighted by molar-refractivity contribution is 0.601. The number of para-hydroxylation sites is 2. The summed E-state index contributed by atoms with van der Waals surface area (Å²) in [7, 11) is -3.83. The lowest BCUT2D eigenvalue weighted by atomic mass is 10.1. The van der Waals surface area contributed by atoms with Crippen LogP contribution in [0.1, 0.15) is 16.7 Å². The van der Waals surface area contributed by atoms with Crippen LogP contribution in [0.25, 0.3) is 11.0 Å². The van der Waals surface area contributed by atoms with E-state index in [1.54, 1.807) is 24.3 Å². The maximum atomic E-state index is 13.0. The molecule has 4 rings (SSSR count). The number of nitrogens with one attached hydrogen (secondary N) is 2. The third kappa shape index (κ3) is 4.11. The standard InChI is InChI=1S/C23H22N4O2S/c1-15-7-6-8-18(13-15)30(28,29)27-23-22(24-19-9-4-5-10-20(19)25-23)26-21-14-16(2)11-12-17(21)3/h4-14H,1-3H3,(H,24,26)(H,25,27). The van der Waals surface area contributed by atoms with Crippen LogP contribution in [0.4, 0.5) is 17.3 Å². The number of hydrogen-bond donors (Lipinski definition) is 2. The molecule has 0 amide bonds. The van der Waals surface area contributed by atoms with Gasteiger partial charge in [0.05, 0.1) is 15.9 Å². The lowest BCUT2D eigenvalue weighted by Gasteiger charge is -2.15. The molecule has 30 heavy (non-hydrogen) atoms. The predicted molar refractivity (Wildman–Crippen MR) is 121 cm³/mol. The molecule has 0 spiro atoms. The third-order valence-corrected chi connectivity index (χ3v) is 6.08. The Morgan fingerprint density at radius 1 is 0.733 bits per heavy atom. The number of hydrogen-bond acceptors (Lipinski definition) is 5. The monoisotopic (exact) mass is 418 g/mol. The summed E-state index contributed by atoms with van der Waals surface area (Å²) in [4.78, 5) is 9.35. The van der Waals surface area contributed by atoms with E-state index < -0.39 is 10.0 Å². The predicted octanol–water partition coefficient (Wildman–Crippen LogP) is 5.10. The minimum Gasteiger partial charge on any atom is -0.337 e. The summed E-state index contributed by atoms with van der Waals surface area (Å²) in [5.41, 5.74) is 5.07. The Balaban J connectivity index is 1.81. The van der Waals surface area contributed by atoms with Gasteiger partial charge in [0.25, 0.3) is 10.0 Å². The van der Waals surface area contributed by atoms with Crippen molar-refractivity contribution in [1.29, 1.82) is 0 Å². The van der Waals surface area contributed by atoms with Crippen LogP contribution in [-0.4, -0.2) is 18.4 Å². The van der Waals surface area contributed by atoms with Crippen molar-refractivity contribution in [3.63, 3.8) is 0 Å². The number of fused-ring (bicyclic) bond motifs is 1. The number of aromatic nitrogens is 2. The molecule has 0 radical (unpaired) electrons. The van der Waals surface area contributed by atoms with Gasteiger partial charge in [-0.2, -0.15) is 0 Å². The van der Waals surface area contributed by atoms with E-state index in [9.17, 15) is 8.42 Å². The molecule has 4 aromatic rings. The van der Waals surface area contributed by atoms with Crippen molar-refractivity contribution in [2.45, 2.75) is 25.7 Å². The van der Waals surface area contributed by atoms with Crippen LogP contribution in [0.2, 0.25) is 0 Å². The highest BCUT2D eigenvalue weighted by Gasteiger charge is 2.19. The second kappa shape index (κ2) is 7.76. The molecule has 0 atom stereocenters. The Morgan fingerprint density at radius 3 is 2.10 bits per heavy atom. The normalized spacial score (nSPS) is 11.4. The fraction of sp³-hybridized carbons (Fsp3) is 0.130. The van der Waals surface area contributed by atoms with Crippen LogP contribution in [0, 0.1) is 20.8 Å². The van der Waals surface area contributed by atoms with Crippen LogP contribution >= 0.6 is 0 Å². The van der Waals surface area contributed by atoms with Gasteiger partial charge in [-0.05, 0) is 67.8 Å². The Labute approximate surface area is 176 Å². The number of aryl methyl sites for hydroxylation is 3. The fourth-order valence-corrected chi connectivity index (χ4v) is 4.24. The molecule has 3 aromatic carbocycles. The van der Waals surface area contributed by atoms with E-state index in [1.165, 1.54) is 0 Å². The second-order valence-electron chi connectivity index (χ2n) is 7.27. The van der Waals surface area contributed by atoms with Gasteiger partial charge < -0.3 is 5.32 Å². The Kier molecular flexibility index (Phi) is 5.13. The zero-order valence-corrected chi connectivity index (χ0v) is 17.8. The Morgan fingerprint density at radius 2 is 1.40 bits per heavy atom. The summed E-state index contributed by atoms with van der Waals surface area (Å²) in [5, 5.41) is 3.26. The average Bonchev–Trinajstić information content (AvgIpc) is 2.71. The largest absolute Gasteiger partial charge is 0.337 e. The molecule has 7 heteroatoms. The van der Waals surface area contributed by atoms with E-state index in [4.69, 9.17) is 0 Å². The van der Waals surface area contributed by atoms with Gasteiger partial charge in [0.1, 0.15) is 0 Å². The molecule has 152 valence electrons. The SMILES string of the molecule is Cc1cccc(S(=O)(=O)Nc2nc3ccccc3nc2Nc2cc(C)ccc2C)c1. The molecule has 1 aromatic heterocycles. The maximum absolute atomic E-state index is 13.0. The number of benzene rings is 3. The molecular weight excluding hydrogens is 396 g/mol. The van der Waals surface area contributed by atoms with Crippen molar-refractivity contribution in [2.75, 3.05) is 10.0 Å². The molecule has 6 nitrogen and oxygen atoms in total. The molecule has 0 aliphatic heterocycles. The van der Waals surface area contributed by atoms with Gasteiger partial charge in [-0.25, -0.2) is 18.4 Å². The van der Waals surface area contributed by atoms with Gasteiger partial charge in [-0.1, -0.05) is 36.4 Å². The number of sulfonamides is 1. The van der Waals surface area contributed by atoms with Crippen molar-refractivity contribution in [3.05, 3.63) is 83.4 Å². The summed E-state index contributed by atoms with van der Waals surface area (Å²) in [6, 6.07) is 20.1. The minimum atomic E-state index is -3.83. The first-order chi connectivity index (χ1) is 14.3. The van der Waals surface area contributed by atoms with E-state index in [0.717, 1.165) is 22.4 Å². The maximum Gasteiger partial charge on any atom is 0.263 e. The fourth-order valence-electron chi connectivity index (χ4n) is 3.13. The van der Waals surface area contributed by atoms with Gasteiger partial charge >= 0.3 is 0 Å². The molecule has 0 unspecified atom stereocenters. The van der Waals surface area contributed by atoms with Crippen molar-refractivity contribution in [2.24, 2.45) is 0 Å². The van der Waals surface area contributed by atoms with Crippen LogP contribution in [0.15, 0.2) is 71.6 Å². The minimum absolute atomic E-state index is 0.149. The van der Waals surface area contributed by atoms with E-state index in [2.05, 4.69) is 20.0 Å². The van der Waals surface area contributed by atoms with Crippen molar-refractivity contribution >= 4 is 38.4 Å². The van der Waals surface area contributed by atoms with Gasteiger partial charge in [-0.15, -0.1) is 0 Å². The topological polar surface area (TPSA) is 84.0 Å². The second-order valence-corrected chi connectivity index (χ2v) is 8.96. The van der Waals surface area contributed by atoms with E-state index >= 15 is 0 Å². The smallest absolute Gasteiger partial charge is 0.263 e. The summed E-state index contributed by atoms with van der Waals surface area (Å²) in [6.45, 7) is 5.83. The van der Waals surface area contributed by atoms with Crippen molar-refractivity contribution in [3.8, 4) is 0 Å². The highest BCUT2D eigenvalue weighted by molar-refractivity contribution is 7.92. The van der Waals surface area contributed by atoms with E-state index in [-0.39, 0.29) is 10.7 Å². The molecule has 1 heterocycles. The highest BCUT2D eigenvalue weighted by Crippen LogP contribution is 2.29. The average molecular weight is 419 g/mol. The first kappa shape index (κ1) is 19.8. The molecule has 2 N–H and O–H groups in total. The molecule has 0 saturated carbocycles. The number of anilines is 3. The summed E-state index contributed by atoms with van der Waals surface area (Å²) in [5.74, 6) is 0.495. The Hall–Kier alpha value is -3.45. The Bertz CT molecular complexity index is 1350. The van der Waals surface area contributed by atoms with Crippen molar-refractivity contribution < 1.29 is 8.42 Å². The zero-order valence-electron chi connectivity index (χ0n) is 17.0. The van der Waals surface area contributed by atoms with Crippen LogP contribution in [0.3, 0.4) is 0 Å². The summed E-state index contributed by atoms with van der Waals surface area (Å²) < 4.78 is 28.6. The first-order valence-electron chi connectivity index (χ1n) is 9.52. The third-order valence-electron chi connectivity index (χ3n) is 4.75. The van der Waals surface area contributed by atoms with Crippen LogP contribution < -0.4 is 10.0 Å². The summed E-state index contributed by atoms with van der Waals surface area (Å²) in [6.07, 6.45) is 0. The van der Waals surface area contributed by atoms with Gasteiger partial charge in [-0.3, -0.25) is 4.72 Å². The molecule has 0 aliphatic carbocycles. The quantitative estimate of drug-likeness (QED) is 0.471. The highest BCUT2D eigenvalue weighted by atomic mass is 32.2. The molecule has 0 fully saturated rings. The van der Waals surface area contributed by atoms with Crippen molar-refractivity contribution in [1.82, 2.24) is 9.97 Å². The molecule has 0 bridgehead atoms. The van der Waals surface area contributed by atoms with E-state index in [0.29, 0.717) is 16.9 Å². The molecular formula is C23H22N4O2S. The van der Waals surface area contributed by atoms with E-state index in [1.807, 2.05) is 63.2 Å². The van der Waals surface area contributed by atoms with Gasteiger partial charge in [0.15, 0.2) is 11.6 Å². The number of rotatable bonds is 5. The molecule has 0 aliphatic rings. The van der Waals surface area contributed by atoms with Crippen LogP contribution in [0.5, 0.6) is 0 Å². The van der Waals surface area contributed by atoms with Gasteiger partial charge in [0, 0.05) is 5.69 Å². The zero-order chi connectivity index (χ0) is 21.3. The molecule has 0 saturated heterocycles. The lowest BCUT2D eigenvalue weighted by Crippen LogP contribution is -2.16. The van der Waals surface area contributed by atoms with Crippen LogP contribution in [-0.2, 0) is 10.0 Å². The van der Waals surface area contributed by atoms with Gasteiger partial charge in [0.2, 0.25) is 0 Å². The first-order valence-corrected chi connectivity index (χ1v) is 11.0. The number of nitrogens with zero attached hydrogens (tertiary/aromatic N) is 2. The summed E-state index contributed by atoms with van der Waals surface area (Å²) >= 11 is 0.